The van der Waals surface area contributed by atoms with Crippen LogP contribution in [0.5, 0.6) is 5.75 Å². The van der Waals surface area contributed by atoms with Crippen molar-refractivity contribution in [2.45, 2.75) is 92.1 Å². The van der Waals surface area contributed by atoms with Gasteiger partial charge in [0.05, 0.1) is 13.7 Å². The molecule has 0 unspecified atom stereocenters. The van der Waals surface area contributed by atoms with Crippen molar-refractivity contribution in [1.82, 2.24) is 0 Å². The van der Waals surface area contributed by atoms with E-state index < -0.39 is 0 Å². The molecule has 3 heteroatoms. The Kier molecular flexibility index (Phi) is 13.6. The Morgan fingerprint density at radius 1 is 0.771 bits per heavy atom. The van der Waals surface area contributed by atoms with E-state index in [1.54, 1.807) is 7.11 Å². The molecule has 0 N–H and O–H groups in total. The van der Waals surface area contributed by atoms with Crippen molar-refractivity contribution in [3.8, 4) is 5.75 Å². The van der Waals surface area contributed by atoms with E-state index >= 15 is 0 Å². The first-order chi connectivity index (χ1) is 17.0. The molecule has 0 aromatic heterocycles. The van der Waals surface area contributed by atoms with Crippen molar-refractivity contribution in [3.05, 3.63) is 71.3 Å². The van der Waals surface area contributed by atoms with Crippen LogP contribution in [0.15, 0.2) is 60.2 Å². The van der Waals surface area contributed by atoms with Gasteiger partial charge in [0.2, 0.25) is 0 Å². The van der Waals surface area contributed by atoms with Gasteiger partial charge < -0.3 is 14.2 Å². The van der Waals surface area contributed by atoms with Gasteiger partial charge in [0.25, 0.3) is 0 Å². The number of hydrogen-bond donors (Lipinski definition) is 0. The number of benzene rings is 2. The van der Waals surface area contributed by atoms with Crippen molar-refractivity contribution in [1.29, 1.82) is 0 Å². The molecule has 0 spiro atoms. The molecule has 0 fully saturated rings. The molecule has 0 radical (unpaired) electrons. The summed E-state index contributed by atoms with van der Waals surface area (Å²) in [5.74, 6) is 1.72. The molecule has 0 aliphatic heterocycles. The van der Waals surface area contributed by atoms with Crippen LogP contribution in [0.2, 0.25) is 0 Å². The molecule has 0 aliphatic carbocycles. The van der Waals surface area contributed by atoms with Crippen LogP contribution in [-0.2, 0) is 16.1 Å². The highest BCUT2D eigenvalue weighted by atomic mass is 16.5. The molecule has 0 saturated heterocycles. The Hall–Kier alpha value is -2.26. The molecule has 0 atom stereocenters. The molecule has 2 aromatic rings. The zero-order valence-electron chi connectivity index (χ0n) is 22.9. The smallest absolute Gasteiger partial charge is 0.128 e. The number of hydrogen-bond acceptors (Lipinski definition) is 3. The third kappa shape index (κ3) is 11.3. The van der Waals surface area contributed by atoms with E-state index in [-0.39, 0.29) is 5.41 Å². The van der Waals surface area contributed by atoms with Crippen molar-refractivity contribution >= 4 is 5.76 Å². The molecule has 0 saturated carbocycles. The van der Waals surface area contributed by atoms with Crippen molar-refractivity contribution in [2.75, 3.05) is 20.3 Å². The summed E-state index contributed by atoms with van der Waals surface area (Å²) in [6.07, 6.45) is 11.9. The predicted molar refractivity (Wildman–Crippen MR) is 149 cm³/mol. The highest BCUT2D eigenvalue weighted by Crippen LogP contribution is 2.34. The normalized spacial score (nSPS) is 12.4. The quantitative estimate of drug-likeness (QED) is 0.167. The van der Waals surface area contributed by atoms with E-state index in [2.05, 4.69) is 52.0 Å². The lowest BCUT2D eigenvalue weighted by molar-refractivity contribution is 0.137. The Labute approximate surface area is 214 Å². The molecule has 0 amide bonds. The fraction of sp³-hybridized carbons (Fsp3) is 0.562. The maximum atomic E-state index is 6.15. The van der Waals surface area contributed by atoms with Gasteiger partial charge in [-0.15, -0.1) is 0 Å². The molecule has 3 nitrogen and oxygen atoms in total. The van der Waals surface area contributed by atoms with Crippen LogP contribution in [0.25, 0.3) is 5.76 Å². The van der Waals surface area contributed by atoms with Gasteiger partial charge in [0.1, 0.15) is 18.1 Å². The molecule has 0 aliphatic rings. The summed E-state index contributed by atoms with van der Waals surface area (Å²) in [7, 11) is 1.75. The molecule has 194 valence electrons. The average molecular weight is 481 g/mol. The topological polar surface area (TPSA) is 27.7 Å². The van der Waals surface area contributed by atoms with Crippen molar-refractivity contribution in [3.63, 3.8) is 0 Å². The maximum Gasteiger partial charge on any atom is 0.128 e. The van der Waals surface area contributed by atoms with Gasteiger partial charge in [-0.05, 0) is 29.5 Å². The average Bonchev–Trinajstić information content (AvgIpc) is 2.85. The van der Waals surface area contributed by atoms with E-state index in [4.69, 9.17) is 14.2 Å². The van der Waals surface area contributed by atoms with Crippen LogP contribution in [0.4, 0.5) is 0 Å². The number of ether oxygens (including phenoxy) is 3. The molecule has 0 heterocycles. The van der Waals surface area contributed by atoms with Gasteiger partial charge in [-0.1, -0.05) is 122 Å². The van der Waals surface area contributed by atoms with Gasteiger partial charge in [0, 0.05) is 17.7 Å². The zero-order chi connectivity index (χ0) is 25.4. The fourth-order valence-corrected chi connectivity index (χ4v) is 4.19. The van der Waals surface area contributed by atoms with Crippen LogP contribution >= 0.6 is 0 Å². The Balaban J connectivity index is 1.91. The first-order valence-electron chi connectivity index (χ1n) is 13.6. The van der Waals surface area contributed by atoms with Gasteiger partial charge in [-0.25, -0.2) is 0 Å². The summed E-state index contributed by atoms with van der Waals surface area (Å²) in [4.78, 5) is 0. The second-order valence-corrected chi connectivity index (χ2v) is 10.4. The Morgan fingerprint density at radius 2 is 1.43 bits per heavy atom. The lowest BCUT2D eigenvalue weighted by atomic mass is 9.84. The summed E-state index contributed by atoms with van der Waals surface area (Å²) in [6.45, 7) is 10.9. The van der Waals surface area contributed by atoms with Crippen LogP contribution < -0.4 is 4.74 Å². The SMILES string of the molecule is CCCCCCCCCCCOCC(=C(OC)c1cccc(OCc2ccccc2)c1)C(C)(C)C. The largest absolute Gasteiger partial charge is 0.496 e. The molecular weight excluding hydrogens is 432 g/mol. The maximum absolute atomic E-state index is 6.15. The first-order valence-corrected chi connectivity index (χ1v) is 13.6. The highest BCUT2D eigenvalue weighted by Gasteiger charge is 2.23. The minimum atomic E-state index is -0.0647. The van der Waals surface area contributed by atoms with Gasteiger partial charge in [-0.2, -0.15) is 0 Å². The third-order valence-corrected chi connectivity index (χ3v) is 6.37. The van der Waals surface area contributed by atoms with E-state index in [0.717, 1.165) is 35.7 Å². The predicted octanol–water partition coefficient (Wildman–Crippen LogP) is 9.22. The standard InChI is InChI=1S/C32H48O3/c1-6-7-8-9-10-11-12-13-17-23-34-26-30(32(2,3)4)31(33-5)28-21-18-22-29(24-28)35-25-27-19-15-14-16-20-27/h14-16,18-22,24H,6-13,17,23,25-26H2,1-5H3. The second-order valence-electron chi connectivity index (χ2n) is 10.4. The van der Waals surface area contributed by atoms with Crippen LogP contribution in [-0.4, -0.2) is 20.3 Å². The van der Waals surface area contributed by atoms with Gasteiger partial charge in [-0.3, -0.25) is 0 Å². The summed E-state index contributed by atoms with van der Waals surface area (Å²) >= 11 is 0. The van der Waals surface area contributed by atoms with Gasteiger partial charge >= 0.3 is 0 Å². The lowest BCUT2D eigenvalue weighted by Crippen LogP contribution is -2.18. The Morgan fingerprint density at radius 3 is 2.06 bits per heavy atom. The highest BCUT2D eigenvalue weighted by molar-refractivity contribution is 5.65. The molecule has 35 heavy (non-hydrogen) atoms. The van der Waals surface area contributed by atoms with E-state index in [1.807, 2.05) is 30.3 Å². The number of rotatable bonds is 17. The summed E-state index contributed by atoms with van der Waals surface area (Å²) < 4.78 is 18.1. The van der Waals surface area contributed by atoms with Crippen LogP contribution in [0, 0.1) is 5.41 Å². The number of methoxy groups -OCH3 is 1. The minimum absolute atomic E-state index is 0.0647. The summed E-state index contributed by atoms with van der Waals surface area (Å²) in [5.41, 5.74) is 3.29. The van der Waals surface area contributed by atoms with Gasteiger partial charge in [0.15, 0.2) is 0 Å². The van der Waals surface area contributed by atoms with E-state index in [9.17, 15) is 0 Å². The number of unbranched alkanes of at least 4 members (excludes halogenated alkanes) is 8. The summed E-state index contributed by atoms with van der Waals surface area (Å²) in [5, 5.41) is 0. The fourth-order valence-electron chi connectivity index (χ4n) is 4.19. The Bertz CT molecular complexity index is 849. The first kappa shape index (κ1) is 29.0. The van der Waals surface area contributed by atoms with E-state index in [1.165, 1.54) is 56.9 Å². The summed E-state index contributed by atoms with van der Waals surface area (Å²) in [6, 6.07) is 18.4. The van der Waals surface area contributed by atoms with Crippen molar-refractivity contribution < 1.29 is 14.2 Å². The monoisotopic (exact) mass is 480 g/mol. The van der Waals surface area contributed by atoms with Crippen LogP contribution in [0.1, 0.15) is 96.6 Å². The minimum Gasteiger partial charge on any atom is -0.496 e. The lowest BCUT2D eigenvalue weighted by Gasteiger charge is -2.26. The molecular formula is C32H48O3. The molecule has 0 bridgehead atoms. The molecule has 2 aromatic carbocycles. The third-order valence-electron chi connectivity index (χ3n) is 6.37. The van der Waals surface area contributed by atoms with Crippen molar-refractivity contribution in [2.24, 2.45) is 5.41 Å². The molecule has 2 rings (SSSR count). The second kappa shape index (κ2) is 16.4. The zero-order valence-corrected chi connectivity index (χ0v) is 22.9. The van der Waals surface area contributed by atoms with E-state index in [0.29, 0.717) is 13.2 Å². The van der Waals surface area contributed by atoms with Crippen LogP contribution in [0.3, 0.4) is 0 Å².